The Kier molecular flexibility index (Phi) is 4.19. The molecule has 3 nitrogen and oxygen atoms in total. The Morgan fingerprint density at radius 1 is 1.12 bits per heavy atom. The SMILES string of the molecule is O=C(c1cccs1)N1CCC(O)(c2ccccc2)C2CCCCC21. The Bertz CT molecular complexity index is 700. The van der Waals surface area contributed by atoms with Crippen molar-refractivity contribution >= 4 is 17.2 Å². The molecule has 1 aromatic carbocycles. The van der Waals surface area contributed by atoms with Gasteiger partial charge in [-0.25, -0.2) is 0 Å². The fourth-order valence-corrected chi connectivity index (χ4v) is 5.24. The molecular weight excluding hydrogens is 318 g/mol. The van der Waals surface area contributed by atoms with Crippen LogP contribution in [0.4, 0.5) is 0 Å². The van der Waals surface area contributed by atoms with E-state index in [4.69, 9.17) is 0 Å². The summed E-state index contributed by atoms with van der Waals surface area (Å²) in [5.74, 6) is 0.267. The Hall–Kier alpha value is -1.65. The number of carbonyl (C=O) groups excluding carboxylic acids is 1. The van der Waals surface area contributed by atoms with E-state index in [-0.39, 0.29) is 17.9 Å². The van der Waals surface area contributed by atoms with Crippen molar-refractivity contribution in [2.24, 2.45) is 5.92 Å². The van der Waals surface area contributed by atoms with E-state index in [1.165, 1.54) is 11.3 Å². The Morgan fingerprint density at radius 3 is 2.67 bits per heavy atom. The number of amides is 1. The zero-order valence-electron chi connectivity index (χ0n) is 13.7. The molecule has 2 aliphatic rings. The maximum atomic E-state index is 12.9. The lowest BCUT2D eigenvalue weighted by atomic mass is 9.66. The van der Waals surface area contributed by atoms with Gasteiger partial charge in [0.2, 0.25) is 0 Å². The predicted molar refractivity (Wildman–Crippen MR) is 96.1 cm³/mol. The summed E-state index contributed by atoms with van der Waals surface area (Å²) in [7, 11) is 0. The molecule has 1 aliphatic carbocycles. The fraction of sp³-hybridized carbons (Fsp3) is 0.450. The van der Waals surface area contributed by atoms with E-state index in [2.05, 4.69) is 0 Å². The second kappa shape index (κ2) is 6.34. The van der Waals surface area contributed by atoms with Crippen molar-refractivity contribution in [2.45, 2.75) is 43.7 Å². The van der Waals surface area contributed by atoms with Gasteiger partial charge in [-0.3, -0.25) is 4.79 Å². The zero-order chi connectivity index (χ0) is 16.6. The highest BCUT2D eigenvalue weighted by atomic mass is 32.1. The van der Waals surface area contributed by atoms with E-state index in [1.54, 1.807) is 0 Å². The summed E-state index contributed by atoms with van der Waals surface area (Å²) in [6.07, 6.45) is 4.88. The third-order valence-corrected chi connectivity index (χ3v) is 6.60. The summed E-state index contributed by atoms with van der Waals surface area (Å²) in [5, 5.41) is 13.5. The molecule has 1 amide bonds. The maximum absolute atomic E-state index is 12.9. The van der Waals surface area contributed by atoms with Gasteiger partial charge in [0.25, 0.3) is 5.91 Å². The lowest BCUT2D eigenvalue weighted by Crippen LogP contribution is -2.58. The van der Waals surface area contributed by atoms with Crippen molar-refractivity contribution in [1.29, 1.82) is 0 Å². The fourth-order valence-electron chi connectivity index (χ4n) is 4.56. The molecule has 0 radical (unpaired) electrons. The summed E-state index contributed by atoms with van der Waals surface area (Å²) in [5.41, 5.74) is 0.198. The van der Waals surface area contributed by atoms with Gasteiger partial charge in [0, 0.05) is 18.5 Å². The largest absolute Gasteiger partial charge is 0.385 e. The molecule has 2 fully saturated rings. The molecule has 126 valence electrons. The second-order valence-corrected chi connectivity index (χ2v) is 7.92. The summed E-state index contributed by atoms with van der Waals surface area (Å²) in [6.45, 7) is 0.628. The van der Waals surface area contributed by atoms with Crippen LogP contribution in [-0.2, 0) is 5.60 Å². The number of piperidine rings is 1. The number of benzene rings is 1. The van der Waals surface area contributed by atoms with Crippen molar-refractivity contribution in [3.63, 3.8) is 0 Å². The van der Waals surface area contributed by atoms with Gasteiger partial charge in [-0.1, -0.05) is 49.2 Å². The van der Waals surface area contributed by atoms with Crippen molar-refractivity contribution < 1.29 is 9.90 Å². The van der Waals surface area contributed by atoms with Crippen molar-refractivity contribution in [1.82, 2.24) is 4.90 Å². The van der Waals surface area contributed by atoms with Crippen LogP contribution in [0.2, 0.25) is 0 Å². The Balaban J connectivity index is 1.66. The normalized spacial score (nSPS) is 30.0. The van der Waals surface area contributed by atoms with Crippen LogP contribution in [0.25, 0.3) is 0 Å². The topological polar surface area (TPSA) is 40.5 Å². The number of hydrogen-bond acceptors (Lipinski definition) is 3. The first-order chi connectivity index (χ1) is 11.7. The molecule has 1 aliphatic heterocycles. The molecule has 2 heterocycles. The minimum absolute atomic E-state index is 0.131. The lowest BCUT2D eigenvalue weighted by molar-refractivity contribution is -0.110. The summed E-state index contributed by atoms with van der Waals surface area (Å²) >= 11 is 1.51. The number of fused-ring (bicyclic) bond motifs is 1. The van der Waals surface area contributed by atoms with E-state index in [1.807, 2.05) is 52.7 Å². The first-order valence-electron chi connectivity index (χ1n) is 8.82. The molecule has 2 aromatic rings. The molecule has 1 N–H and O–H groups in total. The van der Waals surface area contributed by atoms with Crippen LogP contribution in [-0.4, -0.2) is 28.5 Å². The first kappa shape index (κ1) is 15.9. The van der Waals surface area contributed by atoms with E-state index in [0.29, 0.717) is 13.0 Å². The number of aliphatic hydroxyl groups is 1. The summed E-state index contributed by atoms with van der Waals surface area (Å²) in [6, 6.07) is 14.0. The molecule has 3 atom stereocenters. The minimum Gasteiger partial charge on any atom is -0.385 e. The number of thiophene rings is 1. The van der Waals surface area contributed by atoms with Crippen molar-refractivity contribution in [3.8, 4) is 0 Å². The smallest absolute Gasteiger partial charge is 0.264 e. The molecule has 1 saturated carbocycles. The molecule has 1 aromatic heterocycles. The van der Waals surface area contributed by atoms with Gasteiger partial charge in [-0.2, -0.15) is 0 Å². The van der Waals surface area contributed by atoms with E-state index >= 15 is 0 Å². The number of hydrogen-bond donors (Lipinski definition) is 1. The number of likely N-dealkylation sites (tertiary alicyclic amines) is 1. The van der Waals surface area contributed by atoms with Crippen LogP contribution in [0.1, 0.15) is 47.3 Å². The molecule has 3 unspecified atom stereocenters. The van der Waals surface area contributed by atoms with Crippen LogP contribution >= 0.6 is 11.3 Å². The monoisotopic (exact) mass is 341 g/mol. The quantitative estimate of drug-likeness (QED) is 0.895. The van der Waals surface area contributed by atoms with E-state index in [0.717, 1.165) is 36.1 Å². The van der Waals surface area contributed by atoms with Gasteiger partial charge in [0.05, 0.1) is 10.5 Å². The van der Waals surface area contributed by atoms with Gasteiger partial charge in [0.15, 0.2) is 0 Å². The lowest BCUT2D eigenvalue weighted by Gasteiger charge is -2.52. The Labute approximate surface area is 146 Å². The zero-order valence-corrected chi connectivity index (χ0v) is 14.5. The van der Waals surface area contributed by atoms with Gasteiger partial charge in [-0.15, -0.1) is 11.3 Å². The summed E-state index contributed by atoms with van der Waals surface area (Å²) < 4.78 is 0. The Morgan fingerprint density at radius 2 is 1.92 bits per heavy atom. The third-order valence-electron chi connectivity index (χ3n) is 5.74. The molecule has 1 saturated heterocycles. The number of carbonyl (C=O) groups is 1. The summed E-state index contributed by atoms with van der Waals surface area (Å²) in [4.78, 5) is 15.8. The van der Waals surface area contributed by atoms with Crippen molar-refractivity contribution in [3.05, 3.63) is 58.3 Å². The molecule has 24 heavy (non-hydrogen) atoms. The van der Waals surface area contributed by atoms with E-state index in [9.17, 15) is 9.90 Å². The molecule has 4 heteroatoms. The highest BCUT2D eigenvalue weighted by Gasteiger charge is 2.50. The molecule has 0 spiro atoms. The predicted octanol–water partition coefficient (Wildman–Crippen LogP) is 4.04. The van der Waals surface area contributed by atoms with E-state index < -0.39 is 5.60 Å². The van der Waals surface area contributed by atoms with Gasteiger partial charge >= 0.3 is 0 Å². The average molecular weight is 341 g/mol. The number of nitrogens with zero attached hydrogens (tertiary/aromatic N) is 1. The standard InChI is InChI=1S/C20H23NO2S/c22-19(18-11-6-14-24-18)21-13-12-20(23,15-7-2-1-3-8-15)16-9-4-5-10-17(16)21/h1-3,6-8,11,14,16-17,23H,4-5,9-10,12-13H2. The van der Waals surface area contributed by atoms with Gasteiger partial charge in [0.1, 0.15) is 0 Å². The highest BCUT2D eigenvalue weighted by Crippen LogP contribution is 2.47. The van der Waals surface area contributed by atoms with Crippen molar-refractivity contribution in [2.75, 3.05) is 6.54 Å². The molecule has 4 rings (SSSR count). The van der Waals surface area contributed by atoms with Crippen LogP contribution < -0.4 is 0 Å². The van der Waals surface area contributed by atoms with Crippen LogP contribution in [0.3, 0.4) is 0 Å². The number of rotatable bonds is 2. The van der Waals surface area contributed by atoms with Crippen LogP contribution in [0.15, 0.2) is 47.8 Å². The minimum atomic E-state index is -0.807. The molecular formula is C20H23NO2S. The maximum Gasteiger partial charge on any atom is 0.264 e. The average Bonchev–Trinajstić information content (AvgIpc) is 3.17. The van der Waals surface area contributed by atoms with Gasteiger partial charge in [-0.05, 0) is 36.3 Å². The van der Waals surface area contributed by atoms with Crippen LogP contribution in [0.5, 0.6) is 0 Å². The first-order valence-corrected chi connectivity index (χ1v) is 9.70. The van der Waals surface area contributed by atoms with Crippen LogP contribution in [0, 0.1) is 5.92 Å². The second-order valence-electron chi connectivity index (χ2n) is 6.97. The third kappa shape index (κ3) is 2.58. The van der Waals surface area contributed by atoms with Gasteiger partial charge < -0.3 is 10.0 Å². The highest BCUT2D eigenvalue weighted by molar-refractivity contribution is 7.12. The molecule has 0 bridgehead atoms.